The van der Waals surface area contributed by atoms with Gasteiger partial charge in [0.05, 0.1) is 0 Å². The number of hydrogen-bond acceptors (Lipinski definition) is 2. The molecule has 3 N–H and O–H groups in total. The highest BCUT2D eigenvalue weighted by Crippen LogP contribution is 2.31. The van der Waals surface area contributed by atoms with Gasteiger partial charge >= 0.3 is 0 Å². The lowest BCUT2D eigenvalue weighted by Gasteiger charge is -2.29. The molecule has 2 aromatic carbocycles. The summed E-state index contributed by atoms with van der Waals surface area (Å²) in [4.78, 5) is 16.3. The highest BCUT2D eigenvalue weighted by Gasteiger charge is 2.26. The molecule has 0 aliphatic carbocycles. The quantitative estimate of drug-likeness (QED) is 0.305. The molecule has 1 heterocycles. The first-order chi connectivity index (χ1) is 13.4. The number of carbonyl (C=O) groups is 1. The minimum atomic E-state index is -0.159. The van der Waals surface area contributed by atoms with E-state index in [1.54, 1.807) is 7.05 Å². The lowest BCUT2D eigenvalue weighted by Crippen LogP contribution is -2.45. The van der Waals surface area contributed by atoms with E-state index < -0.39 is 0 Å². The summed E-state index contributed by atoms with van der Waals surface area (Å²) >= 11 is 6.37. The summed E-state index contributed by atoms with van der Waals surface area (Å²) in [7, 11) is 1.75. The number of carbonyl (C=O) groups excluding carboxylic acids is 1. The molecule has 2 aromatic rings. The average molecular weight is 527 g/mol. The van der Waals surface area contributed by atoms with Crippen LogP contribution in [0.1, 0.15) is 37.3 Å². The Kier molecular flexibility index (Phi) is 8.34. The Morgan fingerprint density at radius 2 is 1.86 bits per heavy atom. The second-order valence-corrected chi connectivity index (χ2v) is 8.11. The van der Waals surface area contributed by atoms with Gasteiger partial charge in [0.15, 0.2) is 5.96 Å². The fraction of sp³-hybridized carbons (Fsp3) is 0.364. The molecule has 1 atom stereocenters. The Morgan fingerprint density at radius 1 is 1.17 bits per heavy atom. The van der Waals surface area contributed by atoms with Crippen LogP contribution in [-0.4, -0.2) is 32.0 Å². The maximum atomic E-state index is 12.0. The second kappa shape index (κ2) is 10.3. The van der Waals surface area contributed by atoms with Gasteiger partial charge in [-0.2, -0.15) is 0 Å². The van der Waals surface area contributed by atoms with Crippen molar-refractivity contribution in [3.63, 3.8) is 0 Å². The molecule has 0 saturated heterocycles. The fourth-order valence-electron chi connectivity index (χ4n) is 3.53. The van der Waals surface area contributed by atoms with E-state index in [4.69, 9.17) is 11.6 Å². The fourth-order valence-corrected chi connectivity index (χ4v) is 3.93. The van der Waals surface area contributed by atoms with Crippen molar-refractivity contribution in [2.45, 2.75) is 31.6 Å². The predicted molar refractivity (Wildman–Crippen MR) is 132 cm³/mol. The number of para-hydroxylation sites is 1. The molecule has 7 heteroatoms. The molecular weight excluding hydrogens is 499 g/mol. The minimum Gasteiger partial charge on any atom is -0.356 e. The van der Waals surface area contributed by atoms with Crippen LogP contribution < -0.4 is 16.0 Å². The molecule has 0 radical (unpaired) electrons. The molecular formula is C22H28ClIN4O. The van der Waals surface area contributed by atoms with Gasteiger partial charge in [0, 0.05) is 48.6 Å². The Morgan fingerprint density at radius 3 is 2.59 bits per heavy atom. The molecule has 0 bridgehead atoms. The average Bonchev–Trinajstić information content (AvgIpc) is 2.68. The number of halogens is 2. The van der Waals surface area contributed by atoms with E-state index in [1.165, 1.54) is 0 Å². The summed E-state index contributed by atoms with van der Waals surface area (Å²) < 4.78 is 0. The number of aliphatic imine (C=N–C) groups is 1. The van der Waals surface area contributed by atoms with Crippen LogP contribution in [0.25, 0.3) is 0 Å². The Labute approximate surface area is 194 Å². The van der Waals surface area contributed by atoms with Crippen LogP contribution in [0.3, 0.4) is 0 Å². The second-order valence-electron chi connectivity index (χ2n) is 7.71. The molecule has 0 aromatic heterocycles. The van der Waals surface area contributed by atoms with E-state index in [2.05, 4.69) is 46.9 Å². The number of nitrogens with zero attached hydrogens (tertiary/aromatic N) is 1. The van der Waals surface area contributed by atoms with Gasteiger partial charge in [-0.05, 0) is 23.3 Å². The van der Waals surface area contributed by atoms with Gasteiger partial charge in [-0.25, -0.2) is 0 Å². The maximum Gasteiger partial charge on any atom is 0.225 e. The third-order valence-electron chi connectivity index (χ3n) is 5.15. The molecule has 5 nitrogen and oxygen atoms in total. The van der Waals surface area contributed by atoms with Crippen LogP contribution in [0.2, 0.25) is 5.02 Å². The first kappa shape index (κ1) is 23.5. The van der Waals surface area contributed by atoms with Crippen molar-refractivity contribution in [2.24, 2.45) is 4.99 Å². The van der Waals surface area contributed by atoms with Crippen LogP contribution in [-0.2, 0) is 10.2 Å². The van der Waals surface area contributed by atoms with E-state index in [1.807, 2.05) is 36.4 Å². The lowest BCUT2D eigenvalue weighted by atomic mass is 9.84. The van der Waals surface area contributed by atoms with Gasteiger partial charge < -0.3 is 16.0 Å². The van der Waals surface area contributed by atoms with Crippen LogP contribution >= 0.6 is 35.6 Å². The molecule has 1 amide bonds. The number of hydrogen-bond donors (Lipinski definition) is 3. The largest absolute Gasteiger partial charge is 0.356 e. The Bertz CT molecular complexity index is 885. The molecule has 0 spiro atoms. The predicted octanol–water partition coefficient (Wildman–Crippen LogP) is 4.53. The van der Waals surface area contributed by atoms with E-state index >= 15 is 0 Å². The van der Waals surface area contributed by atoms with E-state index in [0.29, 0.717) is 25.5 Å². The van der Waals surface area contributed by atoms with Gasteiger partial charge in [0.25, 0.3) is 0 Å². The number of fused-ring (bicyclic) bond motifs is 1. The van der Waals surface area contributed by atoms with E-state index in [-0.39, 0.29) is 41.2 Å². The molecule has 1 aliphatic rings. The number of nitrogens with one attached hydrogen (secondary N) is 3. The normalized spacial score (nSPS) is 16.3. The van der Waals surface area contributed by atoms with Gasteiger partial charge in [-0.1, -0.05) is 61.8 Å². The Balaban J connectivity index is 0.00000300. The first-order valence-electron chi connectivity index (χ1n) is 9.49. The van der Waals surface area contributed by atoms with Crippen molar-refractivity contribution < 1.29 is 4.79 Å². The summed E-state index contributed by atoms with van der Waals surface area (Å²) in [6.45, 7) is 5.61. The standard InChI is InChI=1S/C22H27ClN4O.HI/c1-22(2,17-9-5-6-10-18(17)23)14-26-21(24-3)25-13-15-12-20(28)27-19-11-7-4-8-16(15)19;/h4-11,15H,12-14H2,1-3H3,(H,27,28)(H2,24,25,26);1H. The van der Waals surface area contributed by atoms with Crippen molar-refractivity contribution in [2.75, 3.05) is 25.5 Å². The van der Waals surface area contributed by atoms with E-state index in [0.717, 1.165) is 21.8 Å². The zero-order valence-electron chi connectivity index (χ0n) is 17.0. The van der Waals surface area contributed by atoms with Crippen LogP contribution in [0.5, 0.6) is 0 Å². The molecule has 1 aliphatic heterocycles. The number of anilines is 1. The number of guanidine groups is 1. The zero-order chi connectivity index (χ0) is 20.1. The summed E-state index contributed by atoms with van der Waals surface area (Å²) in [5.41, 5.74) is 2.99. The molecule has 156 valence electrons. The molecule has 3 rings (SSSR count). The highest BCUT2D eigenvalue weighted by molar-refractivity contribution is 14.0. The summed E-state index contributed by atoms with van der Waals surface area (Å²) in [6.07, 6.45) is 0.464. The highest BCUT2D eigenvalue weighted by atomic mass is 127. The van der Waals surface area contributed by atoms with Crippen molar-refractivity contribution >= 4 is 53.1 Å². The SMILES string of the molecule is CN=C(NCC1CC(=O)Nc2ccccc21)NCC(C)(C)c1ccccc1Cl.I. The van der Waals surface area contributed by atoms with Gasteiger partial charge in [0.1, 0.15) is 0 Å². The van der Waals surface area contributed by atoms with Gasteiger partial charge in [0.2, 0.25) is 5.91 Å². The van der Waals surface area contributed by atoms with Crippen molar-refractivity contribution in [1.82, 2.24) is 10.6 Å². The van der Waals surface area contributed by atoms with E-state index in [9.17, 15) is 4.79 Å². The lowest BCUT2D eigenvalue weighted by molar-refractivity contribution is -0.116. The summed E-state index contributed by atoms with van der Waals surface area (Å²) in [5, 5.41) is 10.5. The molecule has 1 unspecified atom stereocenters. The van der Waals surface area contributed by atoms with Crippen LogP contribution in [0, 0.1) is 0 Å². The minimum absolute atomic E-state index is 0. The number of benzene rings is 2. The number of amides is 1. The summed E-state index contributed by atoms with van der Waals surface area (Å²) in [6, 6.07) is 15.9. The van der Waals surface area contributed by atoms with Crippen molar-refractivity contribution in [1.29, 1.82) is 0 Å². The topological polar surface area (TPSA) is 65.5 Å². The zero-order valence-corrected chi connectivity index (χ0v) is 20.0. The van der Waals surface area contributed by atoms with Crippen molar-refractivity contribution in [3.8, 4) is 0 Å². The van der Waals surface area contributed by atoms with Crippen LogP contribution in [0.4, 0.5) is 5.69 Å². The smallest absolute Gasteiger partial charge is 0.225 e. The summed E-state index contributed by atoms with van der Waals surface area (Å²) in [5.74, 6) is 0.872. The third kappa shape index (κ3) is 5.85. The van der Waals surface area contributed by atoms with Gasteiger partial charge in [-0.3, -0.25) is 9.79 Å². The van der Waals surface area contributed by atoms with Gasteiger partial charge in [-0.15, -0.1) is 24.0 Å². The first-order valence-corrected chi connectivity index (χ1v) is 9.87. The molecule has 0 saturated carbocycles. The van der Waals surface area contributed by atoms with Crippen LogP contribution in [0.15, 0.2) is 53.5 Å². The van der Waals surface area contributed by atoms with Crippen molar-refractivity contribution in [3.05, 3.63) is 64.7 Å². The number of rotatable bonds is 5. The monoisotopic (exact) mass is 526 g/mol. The molecule has 0 fully saturated rings. The maximum absolute atomic E-state index is 12.0. The third-order valence-corrected chi connectivity index (χ3v) is 5.48. The Hall–Kier alpha value is -1.80. The molecule has 29 heavy (non-hydrogen) atoms.